The molecule has 0 heterocycles. The SMILES string of the molecule is CCCOc1ccc[c]c1C. The Balaban J connectivity index is 2.62. The Morgan fingerprint density at radius 3 is 3.00 bits per heavy atom. The van der Waals surface area contributed by atoms with Crippen molar-refractivity contribution in [2.45, 2.75) is 20.3 Å². The molecule has 0 amide bonds. The van der Waals surface area contributed by atoms with E-state index >= 15 is 0 Å². The standard InChI is InChI=1S/C10H13O/c1-3-8-11-10-7-5-4-6-9(10)2/h4-5,7H,3,8H2,1-2H3. The smallest absolute Gasteiger partial charge is 0.122 e. The summed E-state index contributed by atoms with van der Waals surface area (Å²) in [6, 6.07) is 8.90. The molecule has 1 rings (SSSR count). The van der Waals surface area contributed by atoms with Crippen LogP contribution in [0.2, 0.25) is 0 Å². The van der Waals surface area contributed by atoms with Gasteiger partial charge in [0.2, 0.25) is 0 Å². The van der Waals surface area contributed by atoms with Crippen molar-refractivity contribution >= 4 is 0 Å². The summed E-state index contributed by atoms with van der Waals surface area (Å²) in [5.74, 6) is 0.953. The zero-order chi connectivity index (χ0) is 8.10. The fraction of sp³-hybridized carbons (Fsp3) is 0.400. The largest absolute Gasteiger partial charge is 0.493 e. The highest BCUT2D eigenvalue weighted by molar-refractivity contribution is 5.30. The second-order valence-electron chi connectivity index (χ2n) is 2.51. The molecule has 0 aliphatic carbocycles. The van der Waals surface area contributed by atoms with E-state index in [0.29, 0.717) is 0 Å². The van der Waals surface area contributed by atoms with Crippen molar-refractivity contribution in [1.82, 2.24) is 0 Å². The third-order valence-corrected chi connectivity index (χ3v) is 1.47. The monoisotopic (exact) mass is 149 g/mol. The lowest BCUT2D eigenvalue weighted by Crippen LogP contribution is -1.96. The first-order chi connectivity index (χ1) is 5.34. The summed E-state index contributed by atoms with van der Waals surface area (Å²) < 4.78 is 5.45. The summed E-state index contributed by atoms with van der Waals surface area (Å²) in [4.78, 5) is 0. The fourth-order valence-corrected chi connectivity index (χ4v) is 0.873. The van der Waals surface area contributed by atoms with E-state index in [4.69, 9.17) is 4.74 Å². The van der Waals surface area contributed by atoms with Crippen LogP contribution in [-0.2, 0) is 0 Å². The third kappa shape index (κ3) is 2.26. The van der Waals surface area contributed by atoms with Crippen LogP contribution in [0.25, 0.3) is 0 Å². The third-order valence-electron chi connectivity index (χ3n) is 1.47. The molecule has 0 saturated carbocycles. The van der Waals surface area contributed by atoms with Gasteiger partial charge >= 0.3 is 0 Å². The topological polar surface area (TPSA) is 9.23 Å². The molecule has 1 aromatic rings. The van der Waals surface area contributed by atoms with Gasteiger partial charge in [-0.25, -0.2) is 0 Å². The number of aryl methyl sites for hydroxylation is 1. The second-order valence-corrected chi connectivity index (χ2v) is 2.51. The van der Waals surface area contributed by atoms with Gasteiger partial charge < -0.3 is 4.74 Å². The molecule has 1 heteroatoms. The molecule has 0 spiro atoms. The lowest BCUT2D eigenvalue weighted by Gasteiger charge is -2.05. The van der Waals surface area contributed by atoms with E-state index in [-0.39, 0.29) is 0 Å². The van der Waals surface area contributed by atoms with E-state index in [2.05, 4.69) is 13.0 Å². The van der Waals surface area contributed by atoms with Crippen LogP contribution in [0.4, 0.5) is 0 Å². The van der Waals surface area contributed by atoms with Gasteiger partial charge in [-0.2, -0.15) is 0 Å². The summed E-state index contributed by atoms with van der Waals surface area (Å²) in [5.41, 5.74) is 1.08. The lowest BCUT2D eigenvalue weighted by molar-refractivity contribution is 0.315. The van der Waals surface area contributed by atoms with Gasteiger partial charge in [-0.15, -0.1) is 0 Å². The van der Waals surface area contributed by atoms with Gasteiger partial charge in [-0.05, 0) is 31.0 Å². The molecule has 0 aliphatic rings. The van der Waals surface area contributed by atoms with E-state index in [1.54, 1.807) is 0 Å². The van der Waals surface area contributed by atoms with Crippen LogP contribution in [0.3, 0.4) is 0 Å². The molecule has 1 nitrogen and oxygen atoms in total. The first kappa shape index (κ1) is 8.12. The average Bonchev–Trinajstić information content (AvgIpc) is 2.03. The molecule has 11 heavy (non-hydrogen) atoms. The molecule has 0 unspecified atom stereocenters. The zero-order valence-electron chi connectivity index (χ0n) is 7.05. The van der Waals surface area contributed by atoms with Gasteiger partial charge in [0.05, 0.1) is 6.61 Å². The highest BCUT2D eigenvalue weighted by atomic mass is 16.5. The van der Waals surface area contributed by atoms with E-state index in [1.807, 2.05) is 25.1 Å². The molecule has 0 saturated heterocycles. The van der Waals surface area contributed by atoms with Crippen molar-refractivity contribution in [2.24, 2.45) is 0 Å². The Kier molecular flexibility index (Phi) is 2.96. The maximum atomic E-state index is 5.45. The molecule has 0 fully saturated rings. The lowest BCUT2D eigenvalue weighted by atomic mass is 10.2. The molecule has 1 aromatic carbocycles. The summed E-state index contributed by atoms with van der Waals surface area (Å²) in [6.45, 7) is 4.89. The van der Waals surface area contributed by atoms with E-state index in [1.165, 1.54) is 0 Å². The van der Waals surface area contributed by atoms with Crippen LogP contribution in [0.15, 0.2) is 18.2 Å². The van der Waals surface area contributed by atoms with Crippen molar-refractivity contribution in [2.75, 3.05) is 6.61 Å². The van der Waals surface area contributed by atoms with E-state index in [0.717, 1.165) is 24.3 Å². The summed E-state index contributed by atoms with van der Waals surface area (Å²) in [6.07, 6.45) is 1.05. The maximum absolute atomic E-state index is 5.45. The highest BCUT2D eigenvalue weighted by Gasteiger charge is 1.94. The Bertz CT molecular complexity index is 218. The van der Waals surface area contributed by atoms with Crippen LogP contribution < -0.4 is 4.74 Å². The van der Waals surface area contributed by atoms with Crippen LogP contribution in [0, 0.1) is 13.0 Å². The van der Waals surface area contributed by atoms with E-state index < -0.39 is 0 Å². The van der Waals surface area contributed by atoms with Crippen molar-refractivity contribution in [3.63, 3.8) is 0 Å². The minimum absolute atomic E-state index is 0.790. The van der Waals surface area contributed by atoms with Gasteiger partial charge in [0.1, 0.15) is 5.75 Å². The first-order valence-corrected chi connectivity index (χ1v) is 3.94. The highest BCUT2D eigenvalue weighted by Crippen LogP contribution is 2.15. The number of hydrogen-bond acceptors (Lipinski definition) is 1. The Morgan fingerprint density at radius 1 is 1.55 bits per heavy atom. The molecule has 59 valence electrons. The van der Waals surface area contributed by atoms with Crippen molar-refractivity contribution in [3.8, 4) is 5.75 Å². The number of hydrogen-bond donors (Lipinski definition) is 0. The predicted octanol–water partition coefficient (Wildman–Crippen LogP) is 2.58. The summed E-state index contributed by atoms with van der Waals surface area (Å²) >= 11 is 0. The van der Waals surface area contributed by atoms with Crippen molar-refractivity contribution < 1.29 is 4.74 Å². The normalized spacial score (nSPS) is 9.64. The van der Waals surface area contributed by atoms with Gasteiger partial charge in [0.25, 0.3) is 0 Å². The first-order valence-electron chi connectivity index (χ1n) is 3.94. The second kappa shape index (κ2) is 4.02. The Morgan fingerprint density at radius 2 is 2.36 bits per heavy atom. The zero-order valence-corrected chi connectivity index (χ0v) is 7.05. The molecule has 0 N–H and O–H groups in total. The Labute approximate surface area is 68.0 Å². The molecule has 1 radical (unpaired) electrons. The molecular weight excluding hydrogens is 136 g/mol. The van der Waals surface area contributed by atoms with E-state index in [9.17, 15) is 0 Å². The minimum Gasteiger partial charge on any atom is -0.493 e. The average molecular weight is 149 g/mol. The van der Waals surface area contributed by atoms with Gasteiger partial charge in [-0.1, -0.05) is 19.1 Å². The van der Waals surface area contributed by atoms with Crippen LogP contribution >= 0.6 is 0 Å². The quantitative estimate of drug-likeness (QED) is 0.641. The van der Waals surface area contributed by atoms with Gasteiger partial charge in [0.15, 0.2) is 0 Å². The van der Waals surface area contributed by atoms with Gasteiger partial charge in [0, 0.05) is 0 Å². The maximum Gasteiger partial charge on any atom is 0.122 e. The number of ether oxygens (including phenoxy) is 1. The Hall–Kier alpha value is -0.980. The predicted molar refractivity (Wildman–Crippen MR) is 45.8 cm³/mol. The molecule has 0 atom stereocenters. The van der Waals surface area contributed by atoms with Gasteiger partial charge in [-0.3, -0.25) is 0 Å². The van der Waals surface area contributed by atoms with Crippen molar-refractivity contribution in [3.05, 3.63) is 29.8 Å². The minimum atomic E-state index is 0.790. The summed E-state index contributed by atoms with van der Waals surface area (Å²) in [5, 5.41) is 0. The summed E-state index contributed by atoms with van der Waals surface area (Å²) in [7, 11) is 0. The molecule has 0 aliphatic heterocycles. The number of benzene rings is 1. The van der Waals surface area contributed by atoms with Crippen LogP contribution in [0.5, 0.6) is 5.75 Å². The molecular formula is C10H13O. The fourth-order valence-electron chi connectivity index (χ4n) is 0.873. The molecule has 0 aromatic heterocycles. The molecule has 0 bridgehead atoms. The van der Waals surface area contributed by atoms with Crippen LogP contribution in [-0.4, -0.2) is 6.61 Å². The number of rotatable bonds is 3. The van der Waals surface area contributed by atoms with Crippen molar-refractivity contribution in [1.29, 1.82) is 0 Å². The van der Waals surface area contributed by atoms with Crippen LogP contribution in [0.1, 0.15) is 18.9 Å².